The molecule has 5 heteroatoms. The second-order valence-electron chi connectivity index (χ2n) is 5.21. The first kappa shape index (κ1) is 11.8. The molecule has 98 valence electrons. The number of benzene rings is 1. The highest BCUT2D eigenvalue weighted by atomic mass is 16.2. The van der Waals surface area contributed by atoms with E-state index in [-0.39, 0.29) is 11.9 Å². The Hall–Kier alpha value is -2.30. The van der Waals surface area contributed by atoms with Crippen LogP contribution >= 0.6 is 0 Å². The Balaban J connectivity index is 2.04. The maximum Gasteiger partial charge on any atom is 0.231 e. The van der Waals surface area contributed by atoms with Gasteiger partial charge >= 0.3 is 0 Å². The van der Waals surface area contributed by atoms with E-state index in [4.69, 9.17) is 5.41 Å². The molecule has 0 radical (unpaired) electrons. The number of nitrogens with zero attached hydrogens (tertiary/aromatic N) is 1. The van der Waals surface area contributed by atoms with Crippen LogP contribution < -0.4 is 5.32 Å². The van der Waals surface area contributed by atoms with Gasteiger partial charge in [-0.15, -0.1) is 0 Å². The van der Waals surface area contributed by atoms with E-state index in [2.05, 4.69) is 16.4 Å². The van der Waals surface area contributed by atoms with Crippen LogP contribution in [-0.2, 0) is 10.3 Å². The molecular formula is C14H16N4O. The number of fused-ring (bicyclic) bond motifs is 1. The lowest BCUT2D eigenvalue weighted by Gasteiger charge is -2.39. The number of hydrogen-bond donors (Lipinski definition) is 3. The largest absolute Gasteiger partial charge is 0.361 e. The number of rotatable bonds is 1. The van der Waals surface area contributed by atoms with E-state index in [1.54, 1.807) is 7.05 Å². The number of hydrogen-bond acceptors (Lipinski definition) is 2. The van der Waals surface area contributed by atoms with Crippen LogP contribution in [0.25, 0.3) is 10.9 Å². The summed E-state index contributed by atoms with van der Waals surface area (Å²) in [5.74, 6) is 0.105. The Morgan fingerprint density at radius 1 is 1.37 bits per heavy atom. The van der Waals surface area contributed by atoms with Crippen LogP contribution in [0.1, 0.15) is 18.9 Å². The monoisotopic (exact) mass is 256 g/mol. The van der Waals surface area contributed by atoms with Gasteiger partial charge in [-0.25, -0.2) is 0 Å². The number of amides is 1. The molecule has 0 spiro atoms. The molecule has 1 saturated heterocycles. The third kappa shape index (κ3) is 1.78. The molecule has 2 aromatic rings. The molecule has 1 amide bonds. The topological polar surface area (TPSA) is 72.0 Å². The average molecular weight is 256 g/mol. The number of guanidine groups is 1. The molecule has 0 bridgehead atoms. The zero-order chi connectivity index (χ0) is 13.6. The van der Waals surface area contributed by atoms with E-state index in [0.29, 0.717) is 6.42 Å². The molecule has 0 saturated carbocycles. The third-order valence-electron chi connectivity index (χ3n) is 3.80. The summed E-state index contributed by atoms with van der Waals surface area (Å²) < 4.78 is 0. The maximum absolute atomic E-state index is 11.9. The zero-order valence-electron chi connectivity index (χ0n) is 10.9. The fourth-order valence-corrected chi connectivity index (χ4v) is 2.51. The lowest BCUT2D eigenvalue weighted by Crippen LogP contribution is -2.58. The van der Waals surface area contributed by atoms with Crippen LogP contribution in [0.15, 0.2) is 30.5 Å². The smallest absolute Gasteiger partial charge is 0.231 e. The van der Waals surface area contributed by atoms with Gasteiger partial charge < -0.3 is 10.3 Å². The molecule has 0 unspecified atom stereocenters. The van der Waals surface area contributed by atoms with Gasteiger partial charge in [0.05, 0.1) is 12.0 Å². The van der Waals surface area contributed by atoms with Crippen molar-refractivity contribution in [3.8, 4) is 0 Å². The summed E-state index contributed by atoms with van der Waals surface area (Å²) in [6.45, 7) is 1.96. The van der Waals surface area contributed by atoms with Crippen molar-refractivity contribution in [2.75, 3.05) is 7.05 Å². The van der Waals surface area contributed by atoms with E-state index >= 15 is 0 Å². The molecule has 1 fully saturated rings. The van der Waals surface area contributed by atoms with E-state index in [9.17, 15) is 4.79 Å². The van der Waals surface area contributed by atoms with Crippen molar-refractivity contribution in [2.24, 2.45) is 0 Å². The first-order valence-corrected chi connectivity index (χ1v) is 6.20. The standard InChI is InChI=1S/C14H16N4O/c1-14(8-12(19)18(2)13(15)17-14)10-3-4-11-9(7-10)5-6-16-11/h3-7,16H,8H2,1-2H3,(H2,15,17)/t14-/m0/s1. The number of H-pyrrole nitrogens is 1. The van der Waals surface area contributed by atoms with Crippen molar-refractivity contribution in [3.63, 3.8) is 0 Å². The van der Waals surface area contributed by atoms with E-state index < -0.39 is 5.54 Å². The van der Waals surface area contributed by atoms with E-state index in [0.717, 1.165) is 16.5 Å². The van der Waals surface area contributed by atoms with Gasteiger partial charge in [-0.2, -0.15) is 0 Å². The number of carbonyl (C=O) groups is 1. The number of carbonyl (C=O) groups excluding carboxylic acids is 1. The first-order valence-electron chi connectivity index (χ1n) is 6.20. The van der Waals surface area contributed by atoms with Crippen LogP contribution in [-0.4, -0.2) is 28.8 Å². The Kier molecular flexibility index (Phi) is 2.38. The average Bonchev–Trinajstić information content (AvgIpc) is 2.83. The number of aromatic nitrogens is 1. The lowest BCUT2D eigenvalue weighted by molar-refractivity contribution is -0.129. The number of nitrogens with one attached hydrogen (secondary N) is 3. The fraction of sp³-hybridized carbons (Fsp3) is 0.286. The minimum absolute atomic E-state index is 0.0413. The molecule has 19 heavy (non-hydrogen) atoms. The van der Waals surface area contributed by atoms with Gasteiger partial charge in [-0.05, 0) is 36.1 Å². The van der Waals surface area contributed by atoms with Crippen molar-refractivity contribution >= 4 is 22.8 Å². The molecule has 1 atom stereocenters. The SMILES string of the molecule is CN1C(=N)N[C@](C)(c2ccc3[nH]ccc3c2)CC1=O. The van der Waals surface area contributed by atoms with Crippen LogP contribution in [0, 0.1) is 5.41 Å². The molecule has 3 rings (SSSR count). The maximum atomic E-state index is 11.9. The van der Waals surface area contributed by atoms with Gasteiger partial charge in [-0.1, -0.05) is 6.07 Å². The predicted molar refractivity (Wildman–Crippen MR) is 73.9 cm³/mol. The molecule has 1 aromatic heterocycles. The quantitative estimate of drug-likeness (QED) is 0.727. The summed E-state index contributed by atoms with van der Waals surface area (Å²) >= 11 is 0. The zero-order valence-corrected chi connectivity index (χ0v) is 10.9. The van der Waals surface area contributed by atoms with Crippen LogP contribution in [0.5, 0.6) is 0 Å². The summed E-state index contributed by atoms with van der Waals surface area (Å²) in [4.78, 5) is 16.4. The van der Waals surface area contributed by atoms with Gasteiger partial charge in [0.1, 0.15) is 0 Å². The molecular weight excluding hydrogens is 240 g/mol. The van der Waals surface area contributed by atoms with Gasteiger partial charge in [0.25, 0.3) is 0 Å². The van der Waals surface area contributed by atoms with Crippen molar-refractivity contribution in [2.45, 2.75) is 18.9 Å². The van der Waals surface area contributed by atoms with Gasteiger partial charge in [0.2, 0.25) is 5.91 Å². The van der Waals surface area contributed by atoms with E-state index in [1.807, 2.05) is 31.3 Å². The molecule has 2 heterocycles. The van der Waals surface area contributed by atoms with Crippen molar-refractivity contribution < 1.29 is 4.79 Å². The van der Waals surface area contributed by atoms with Gasteiger partial charge in [-0.3, -0.25) is 15.1 Å². The summed E-state index contributed by atoms with van der Waals surface area (Å²) in [5.41, 5.74) is 1.57. The van der Waals surface area contributed by atoms with Crippen LogP contribution in [0.2, 0.25) is 0 Å². The van der Waals surface area contributed by atoms with Crippen molar-refractivity contribution in [3.05, 3.63) is 36.0 Å². The molecule has 1 aliphatic heterocycles. The Labute approximate surface area is 111 Å². The normalized spacial score (nSPS) is 23.8. The minimum Gasteiger partial charge on any atom is -0.361 e. The van der Waals surface area contributed by atoms with Crippen molar-refractivity contribution in [1.82, 2.24) is 15.2 Å². The summed E-state index contributed by atoms with van der Waals surface area (Å²) in [6.07, 6.45) is 2.24. The second-order valence-corrected chi connectivity index (χ2v) is 5.21. The number of aromatic amines is 1. The van der Waals surface area contributed by atoms with Gasteiger partial charge in [0, 0.05) is 18.8 Å². The summed E-state index contributed by atoms with van der Waals surface area (Å²) in [6, 6.07) is 8.07. The lowest BCUT2D eigenvalue weighted by atomic mass is 9.86. The Morgan fingerprint density at radius 3 is 2.89 bits per heavy atom. The second kappa shape index (κ2) is 3.85. The highest BCUT2D eigenvalue weighted by Gasteiger charge is 2.37. The highest BCUT2D eigenvalue weighted by molar-refractivity contribution is 5.99. The van der Waals surface area contributed by atoms with Gasteiger partial charge in [0.15, 0.2) is 5.96 Å². The van der Waals surface area contributed by atoms with Crippen LogP contribution in [0.4, 0.5) is 0 Å². The fourth-order valence-electron chi connectivity index (χ4n) is 2.51. The molecule has 5 nitrogen and oxygen atoms in total. The van der Waals surface area contributed by atoms with Crippen molar-refractivity contribution in [1.29, 1.82) is 5.41 Å². The first-order chi connectivity index (χ1) is 8.99. The molecule has 0 aliphatic carbocycles. The molecule has 3 N–H and O–H groups in total. The third-order valence-corrected chi connectivity index (χ3v) is 3.80. The van der Waals surface area contributed by atoms with E-state index in [1.165, 1.54) is 4.90 Å². The minimum atomic E-state index is -0.522. The molecule has 1 aromatic carbocycles. The predicted octanol–water partition coefficient (Wildman–Crippen LogP) is 1.77. The Morgan fingerprint density at radius 2 is 2.16 bits per heavy atom. The van der Waals surface area contributed by atoms with Crippen LogP contribution in [0.3, 0.4) is 0 Å². The molecule has 1 aliphatic rings. The highest BCUT2D eigenvalue weighted by Crippen LogP contribution is 2.30. The Bertz CT molecular complexity index is 655. The summed E-state index contributed by atoms with van der Waals surface area (Å²) in [5, 5.41) is 12.1. The summed E-state index contributed by atoms with van der Waals surface area (Å²) in [7, 11) is 1.62.